The average Bonchev–Trinajstić information content (AvgIpc) is 2.72. The summed E-state index contributed by atoms with van der Waals surface area (Å²) in [6.07, 6.45) is 1.79. The molecule has 1 aromatic rings. The lowest BCUT2D eigenvalue weighted by Crippen LogP contribution is -2.37. The summed E-state index contributed by atoms with van der Waals surface area (Å²) in [5, 5.41) is 2.95. The van der Waals surface area contributed by atoms with Crippen molar-refractivity contribution in [2.45, 2.75) is 37.2 Å². The number of hydrogen-bond donors (Lipinski definition) is 2. The third-order valence-corrected chi connectivity index (χ3v) is 5.78. The van der Waals surface area contributed by atoms with Gasteiger partial charge in [0.2, 0.25) is 10.0 Å². The number of thioether (sulfide) groups is 1. The first-order valence-electron chi connectivity index (χ1n) is 6.37. The molecule has 2 heterocycles. The molecule has 5 nitrogen and oxygen atoms in total. The fraction of sp³-hybridized carbons (Fsp3) is 0.667. The Morgan fingerprint density at radius 1 is 1.42 bits per heavy atom. The number of hydrogen-bond acceptors (Lipinski definition) is 5. The Balaban J connectivity index is 2.14. The van der Waals surface area contributed by atoms with Crippen molar-refractivity contribution in [3.05, 3.63) is 17.6 Å². The lowest BCUT2D eigenvalue weighted by atomic mass is 10.2. The fourth-order valence-electron chi connectivity index (χ4n) is 2.15. The summed E-state index contributed by atoms with van der Waals surface area (Å²) >= 11 is 1.87. The first-order valence-corrected chi connectivity index (χ1v) is 9.00. The Bertz CT molecular complexity index is 519. The highest BCUT2D eigenvalue weighted by Gasteiger charge is 2.25. The monoisotopic (exact) mass is 304 g/mol. The van der Waals surface area contributed by atoms with E-state index >= 15 is 0 Å². The molecule has 0 spiro atoms. The predicted molar refractivity (Wildman–Crippen MR) is 76.9 cm³/mol. The number of rotatable bonds is 5. The highest BCUT2D eigenvalue weighted by Crippen LogP contribution is 2.23. The van der Waals surface area contributed by atoms with E-state index in [-0.39, 0.29) is 10.9 Å². The van der Waals surface area contributed by atoms with E-state index in [0.29, 0.717) is 18.1 Å². The van der Waals surface area contributed by atoms with E-state index in [0.717, 1.165) is 24.3 Å². The van der Waals surface area contributed by atoms with Crippen LogP contribution in [0.1, 0.15) is 24.4 Å². The second kappa shape index (κ2) is 6.30. The summed E-state index contributed by atoms with van der Waals surface area (Å²) < 4.78 is 32.9. The third-order valence-electron chi connectivity index (χ3n) is 3.11. The standard InChI is InChI=1S/C12H20N2O3S2/c1-9-12(7-11(17-9)8-13-2)19(15,16)14-10-3-5-18-6-4-10/h7,10,13-14H,3-6,8H2,1-2H3. The van der Waals surface area contributed by atoms with Crippen LogP contribution in [0.15, 0.2) is 15.4 Å². The number of nitrogens with one attached hydrogen (secondary N) is 2. The smallest absolute Gasteiger partial charge is 0.244 e. The molecule has 0 unspecified atom stereocenters. The van der Waals surface area contributed by atoms with E-state index in [1.807, 2.05) is 11.8 Å². The molecule has 0 amide bonds. The van der Waals surface area contributed by atoms with Crippen LogP contribution in [0, 0.1) is 6.92 Å². The van der Waals surface area contributed by atoms with Gasteiger partial charge in [0.05, 0.1) is 6.54 Å². The molecular formula is C12H20N2O3S2. The second-order valence-electron chi connectivity index (χ2n) is 4.67. The molecule has 2 N–H and O–H groups in total. The van der Waals surface area contributed by atoms with Gasteiger partial charge in [-0.1, -0.05) is 0 Å². The molecule has 2 rings (SSSR count). The molecule has 1 aliphatic rings. The minimum atomic E-state index is -3.47. The molecule has 19 heavy (non-hydrogen) atoms. The predicted octanol–water partition coefficient (Wildman–Crippen LogP) is 1.48. The minimum absolute atomic E-state index is 0.0494. The van der Waals surface area contributed by atoms with Crippen LogP contribution in [0.3, 0.4) is 0 Å². The Kier molecular flexibility index (Phi) is 4.94. The summed E-state index contributed by atoms with van der Waals surface area (Å²) in [6, 6.07) is 1.65. The molecule has 1 aromatic heterocycles. The van der Waals surface area contributed by atoms with E-state index in [4.69, 9.17) is 4.42 Å². The van der Waals surface area contributed by atoms with Gasteiger partial charge in [-0.2, -0.15) is 11.8 Å². The molecule has 1 saturated heterocycles. The molecule has 1 fully saturated rings. The molecule has 0 radical (unpaired) electrons. The van der Waals surface area contributed by atoms with Crippen molar-refractivity contribution in [3.8, 4) is 0 Å². The molecule has 0 atom stereocenters. The van der Waals surface area contributed by atoms with Crippen LogP contribution in [-0.4, -0.2) is 33.0 Å². The SMILES string of the molecule is CNCc1cc(S(=O)(=O)NC2CCSCC2)c(C)o1. The number of aryl methyl sites for hydroxylation is 1. The highest BCUT2D eigenvalue weighted by molar-refractivity contribution is 7.99. The molecule has 0 bridgehead atoms. The van der Waals surface area contributed by atoms with Gasteiger partial charge in [-0.3, -0.25) is 0 Å². The van der Waals surface area contributed by atoms with Gasteiger partial charge in [0.25, 0.3) is 0 Å². The van der Waals surface area contributed by atoms with Crippen LogP contribution in [-0.2, 0) is 16.6 Å². The van der Waals surface area contributed by atoms with Gasteiger partial charge in [0.1, 0.15) is 16.4 Å². The Labute approximate surface area is 118 Å². The minimum Gasteiger partial charge on any atom is -0.464 e. The molecule has 0 aromatic carbocycles. The Hall–Kier alpha value is -0.500. The summed E-state index contributed by atoms with van der Waals surface area (Å²) in [5.74, 6) is 3.12. The van der Waals surface area contributed by atoms with Crippen molar-refractivity contribution < 1.29 is 12.8 Å². The van der Waals surface area contributed by atoms with Crippen molar-refractivity contribution in [2.24, 2.45) is 0 Å². The van der Waals surface area contributed by atoms with Gasteiger partial charge in [-0.25, -0.2) is 13.1 Å². The summed E-state index contributed by atoms with van der Waals surface area (Å²) in [7, 11) is -1.67. The second-order valence-corrected chi connectivity index (χ2v) is 7.58. The van der Waals surface area contributed by atoms with Gasteiger partial charge in [0.15, 0.2) is 0 Å². The summed E-state index contributed by atoms with van der Waals surface area (Å²) in [6.45, 7) is 2.21. The zero-order valence-electron chi connectivity index (χ0n) is 11.2. The molecule has 0 aliphatic carbocycles. The van der Waals surface area contributed by atoms with E-state index in [2.05, 4.69) is 10.0 Å². The largest absolute Gasteiger partial charge is 0.464 e. The van der Waals surface area contributed by atoms with E-state index in [1.165, 1.54) is 0 Å². The fourth-order valence-corrected chi connectivity index (χ4v) is 4.77. The maximum atomic E-state index is 12.3. The lowest BCUT2D eigenvalue weighted by molar-refractivity contribution is 0.465. The Morgan fingerprint density at radius 2 is 2.11 bits per heavy atom. The first kappa shape index (κ1) is 14.9. The lowest BCUT2D eigenvalue weighted by Gasteiger charge is -2.22. The van der Waals surface area contributed by atoms with Crippen LogP contribution in [0.4, 0.5) is 0 Å². The van der Waals surface area contributed by atoms with Crippen molar-refractivity contribution in [2.75, 3.05) is 18.6 Å². The molecule has 0 saturated carbocycles. The topological polar surface area (TPSA) is 71.3 Å². The zero-order chi connectivity index (χ0) is 13.9. The van der Waals surface area contributed by atoms with Gasteiger partial charge < -0.3 is 9.73 Å². The normalized spacial score (nSPS) is 17.8. The van der Waals surface area contributed by atoms with E-state index < -0.39 is 10.0 Å². The third kappa shape index (κ3) is 3.75. The van der Waals surface area contributed by atoms with Crippen LogP contribution in [0.2, 0.25) is 0 Å². The van der Waals surface area contributed by atoms with Gasteiger partial charge >= 0.3 is 0 Å². The summed E-state index contributed by atoms with van der Waals surface area (Å²) in [5.41, 5.74) is 0. The van der Waals surface area contributed by atoms with Gasteiger partial charge in [-0.15, -0.1) is 0 Å². The van der Waals surface area contributed by atoms with Gasteiger partial charge in [0, 0.05) is 12.1 Å². The quantitative estimate of drug-likeness (QED) is 0.862. The average molecular weight is 304 g/mol. The zero-order valence-corrected chi connectivity index (χ0v) is 12.9. The van der Waals surface area contributed by atoms with Crippen LogP contribution < -0.4 is 10.0 Å². The van der Waals surface area contributed by atoms with Crippen molar-refractivity contribution in [1.29, 1.82) is 0 Å². The molecular weight excluding hydrogens is 284 g/mol. The van der Waals surface area contributed by atoms with Crippen LogP contribution in [0.5, 0.6) is 0 Å². The number of sulfonamides is 1. The van der Waals surface area contributed by atoms with E-state index in [9.17, 15) is 8.42 Å². The molecule has 7 heteroatoms. The first-order chi connectivity index (χ1) is 9.03. The van der Waals surface area contributed by atoms with Crippen molar-refractivity contribution >= 4 is 21.8 Å². The Morgan fingerprint density at radius 3 is 2.74 bits per heavy atom. The number of furan rings is 1. The van der Waals surface area contributed by atoms with Crippen molar-refractivity contribution in [3.63, 3.8) is 0 Å². The van der Waals surface area contributed by atoms with Gasteiger partial charge in [-0.05, 0) is 38.3 Å². The van der Waals surface area contributed by atoms with E-state index in [1.54, 1.807) is 20.0 Å². The van der Waals surface area contributed by atoms with Crippen LogP contribution >= 0.6 is 11.8 Å². The van der Waals surface area contributed by atoms with Crippen LogP contribution in [0.25, 0.3) is 0 Å². The highest BCUT2D eigenvalue weighted by atomic mass is 32.2. The van der Waals surface area contributed by atoms with Crippen molar-refractivity contribution in [1.82, 2.24) is 10.0 Å². The molecule has 1 aliphatic heterocycles. The maximum absolute atomic E-state index is 12.3. The molecule has 108 valence electrons. The summed E-state index contributed by atoms with van der Waals surface area (Å²) in [4.78, 5) is 0.260. The maximum Gasteiger partial charge on any atom is 0.244 e.